The second kappa shape index (κ2) is 3.46. The molecule has 0 bridgehead atoms. The van der Waals surface area contributed by atoms with Gasteiger partial charge in [0.1, 0.15) is 5.03 Å². The molecule has 0 radical (unpaired) electrons. The first-order chi connectivity index (χ1) is 6.31. The number of rotatable bonds is 3. The summed E-state index contributed by atoms with van der Waals surface area (Å²) in [6.45, 7) is 0. The fourth-order valence-electron chi connectivity index (χ4n) is 1.06. The van der Waals surface area contributed by atoms with Crippen molar-refractivity contribution in [2.24, 2.45) is 0 Å². The maximum Gasteiger partial charge on any atom is 0.174 e. The molecule has 1 aliphatic rings. The van der Waals surface area contributed by atoms with Gasteiger partial charge in [0, 0.05) is 6.20 Å². The van der Waals surface area contributed by atoms with Crippen molar-refractivity contribution in [2.45, 2.75) is 24.0 Å². The second-order valence-electron chi connectivity index (χ2n) is 3.06. The summed E-state index contributed by atoms with van der Waals surface area (Å²) in [6.07, 6.45) is 6.34. The Kier molecular flexibility index (Phi) is 2.31. The van der Waals surface area contributed by atoms with Gasteiger partial charge >= 0.3 is 0 Å². The number of thioether (sulfide) groups is 1. The van der Waals surface area contributed by atoms with Crippen molar-refractivity contribution in [1.82, 2.24) is 4.98 Å². The van der Waals surface area contributed by atoms with E-state index in [9.17, 15) is 0 Å². The average Bonchev–Trinajstić information content (AvgIpc) is 2.92. The third-order valence-electron chi connectivity index (χ3n) is 1.90. The van der Waals surface area contributed by atoms with Gasteiger partial charge in [-0.3, -0.25) is 0 Å². The summed E-state index contributed by atoms with van der Waals surface area (Å²) in [5, 5.41) is 0.881. The molecule has 70 valence electrons. The Labute approximate surface area is 81.7 Å². The highest BCUT2D eigenvalue weighted by Crippen LogP contribution is 2.35. The highest BCUT2D eigenvalue weighted by atomic mass is 32.2. The molecule has 2 N–H and O–H groups in total. The van der Waals surface area contributed by atoms with Gasteiger partial charge in [0.2, 0.25) is 0 Å². The minimum absolute atomic E-state index is 0.373. The van der Waals surface area contributed by atoms with Crippen molar-refractivity contribution in [3.8, 4) is 5.75 Å². The van der Waals surface area contributed by atoms with E-state index < -0.39 is 0 Å². The van der Waals surface area contributed by atoms with Gasteiger partial charge in [-0.2, -0.15) is 0 Å². The number of hydrogen-bond donors (Lipinski definition) is 1. The molecular formula is C9H12N2OS. The molecule has 4 heteroatoms. The second-order valence-corrected chi connectivity index (χ2v) is 3.85. The molecular weight excluding hydrogens is 184 g/mol. The Morgan fingerprint density at radius 1 is 1.62 bits per heavy atom. The van der Waals surface area contributed by atoms with E-state index in [1.165, 1.54) is 0 Å². The molecule has 13 heavy (non-hydrogen) atoms. The van der Waals surface area contributed by atoms with E-state index in [0.717, 1.165) is 23.6 Å². The minimum atomic E-state index is 0.373. The van der Waals surface area contributed by atoms with E-state index in [4.69, 9.17) is 10.5 Å². The van der Waals surface area contributed by atoms with Gasteiger partial charge in [0.25, 0.3) is 0 Å². The number of nitrogens with zero attached hydrogens (tertiary/aromatic N) is 1. The molecule has 1 aliphatic carbocycles. The van der Waals surface area contributed by atoms with Crippen molar-refractivity contribution in [3.05, 3.63) is 12.3 Å². The number of ether oxygens (including phenoxy) is 1. The van der Waals surface area contributed by atoms with Gasteiger partial charge in [-0.15, -0.1) is 11.8 Å². The first kappa shape index (κ1) is 8.69. The Balaban J connectivity index is 2.27. The van der Waals surface area contributed by atoms with E-state index >= 15 is 0 Å². The van der Waals surface area contributed by atoms with E-state index in [0.29, 0.717) is 11.8 Å². The summed E-state index contributed by atoms with van der Waals surface area (Å²) in [7, 11) is 0. The van der Waals surface area contributed by atoms with E-state index in [1.807, 2.05) is 6.26 Å². The van der Waals surface area contributed by atoms with Gasteiger partial charge in [-0.25, -0.2) is 4.98 Å². The summed E-state index contributed by atoms with van der Waals surface area (Å²) in [4.78, 5) is 4.20. The summed E-state index contributed by atoms with van der Waals surface area (Å²) in [5.41, 5.74) is 6.48. The SMILES string of the molecule is CSc1nccc(N)c1OC1CC1. The molecule has 0 aromatic carbocycles. The standard InChI is InChI=1S/C9H12N2OS/c1-13-9-8(12-6-2-3-6)7(10)4-5-11-9/h4-6H,2-3H2,1H3,(H2,10,11). The summed E-state index contributed by atoms with van der Waals surface area (Å²) in [6, 6.07) is 1.78. The number of nitrogen functional groups attached to an aromatic ring is 1. The quantitative estimate of drug-likeness (QED) is 0.750. The van der Waals surface area contributed by atoms with Gasteiger partial charge in [0.05, 0.1) is 11.8 Å². The number of pyridine rings is 1. The van der Waals surface area contributed by atoms with Crippen LogP contribution in [0, 0.1) is 0 Å². The van der Waals surface area contributed by atoms with Crippen LogP contribution in [0.1, 0.15) is 12.8 Å². The molecule has 0 unspecified atom stereocenters. The van der Waals surface area contributed by atoms with Crippen molar-refractivity contribution >= 4 is 17.4 Å². The van der Waals surface area contributed by atoms with Crippen LogP contribution in [0.4, 0.5) is 5.69 Å². The average molecular weight is 196 g/mol. The Morgan fingerprint density at radius 2 is 2.38 bits per heavy atom. The van der Waals surface area contributed by atoms with E-state index in [-0.39, 0.29) is 0 Å². The molecule has 0 atom stereocenters. The molecule has 1 saturated carbocycles. The summed E-state index contributed by atoms with van der Waals surface area (Å²) < 4.78 is 5.67. The smallest absolute Gasteiger partial charge is 0.174 e. The number of hydrogen-bond acceptors (Lipinski definition) is 4. The lowest BCUT2D eigenvalue weighted by Gasteiger charge is -2.10. The predicted molar refractivity (Wildman–Crippen MR) is 54.1 cm³/mol. The number of nitrogens with two attached hydrogens (primary N) is 1. The Hall–Kier alpha value is -0.900. The van der Waals surface area contributed by atoms with Gasteiger partial charge in [0.15, 0.2) is 5.75 Å². The van der Waals surface area contributed by atoms with Crippen molar-refractivity contribution < 1.29 is 4.74 Å². The molecule has 1 fully saturated rings. The lowest BCUT2D eigenvalue weighted by Crippen LogP contribution is -2.02. The highest BCUT2D eigenvalue weighted by Gasteiger charge is 2.25. The first-order valence-corrected chi connectivity index (χ1v) is 5.49. The monoisotopic (exact) mass is 196 g/mol. The van der Waals surface area contributed by atoms with E-state index in [1.54, 1.807) is 24.0 Å². The zero-order valence-electron chi connectivity index (χ0n) is 7.49. The largest absolute Gasteiger partial charge is 0.485 e. The lowest BCUT2D eigenvalue weighted by molar-refractivity contribution is 0.295. The van der Waals surface area contributed by atoms with Gasteiger partial charge < -0.3 is 10.5 Å². The summed E-state index contributed by atoms with van der Waals surface area (Å²) in [5.74, 6) is 0.762. The molecule has 0 spiro atoms. The fourth-order valence-corrected chi connectivity index (χ4v) is 1.58. The minimum Gasteiger partial charge on any atom is -0.485 e. The van der Waals surface area contributed by atoms with Crippen LogP contribution < -0.4 is 10.5 Å². The summed E-state index contributed by atoms with van der Waals surface area (Å²) >= 11 is 1.56. The zero-order valence-corrected chi connectivity index (χ0v) is 8.30. The molecule has 0 amide bonds. The molecule has 3 nitrogen and oxygen atoms in total. The van der Waals surface area contributed by atoms with Gasteiger partial charge in [-0.05, 0) is 25.2 Å². The Morgan fingerprint density at radius 3 is 3.00 bits per heavy atom. The van der Waals surface area contributed by atoms with E-state index in [2.05, 4.69) is 4.98 Å². The van der Waals surface area contributed by atoms with Crippen LogP contribution in [0.3, 0.4) is 0 Å². The van der Waals surface area contributed by atoms with Crippen LogP contribution in [0.5, 0.6) is 5.75 Å². The molecule has 0 saturated heterocycles. The zero-order chi connectivity index (χ0) is 9.26. The number of aromatic nitrogens is 1. The normalized spacial score (nSPS) is 15.8. The van der Waals surface area contributed by atoms with Crippen molar-refractivity contribution in [1.29, 1.82) is 0 Å². The topological polar surface area (TPSA) is 48.1 Å². The molecule has 2 rings (SSSR count). The van der Waals surface area contributed by atoms with Crippen LogP contribution in [0.15, 0.2) is 17.3 Å². The van der Waals surface area contributed by atoms with Crippen molar-refractivity contribution in [2.75, 3.05) is 12.0 Å². The van der Waals surface area contributed by atoms with Crippen LogP contribution in [0.25, 0.3) is 0 Å². The Bertz CT molecular complexity index is 312. The molecule has 1 aromatic heterocycles. The predicted octanol–water partition coefficient (Wildman–Crippen LogP) is 1.93. The highest BCUT2D eigenvalue weighted by molar-refractivity contribution is 7.98. The lowest BCUT2D eigenvalue weighted by atomic mass is 10.4. The maximum absolute atomic E-state index is 5.79. The molecule has 1 aromatic rings. The van der Waals surface area contributed by atoms with Crippen LogP contribution in [-0.2, 0) is 0 Å². The first-order valence-electron chi connectivity index (χ1n) is 4.26. The molecule has 0 aliphatic heterocycles. The van der Waals surface area contributed by atoms with Crippen LogP contribution in [-0.4, -0.2) is 17.3 Å². The van der Waals surface area contributed by atoms with Crippen LogP contribution >= 0.6 is 11.8 Å². The fraction of sp³-hybridized carbons (Fsp3) is 0.444. The number of anilines is 1. The van der Waals surface area contributed by atoms with Crippen molar-refractivity contribution in [3.63, 3.8) is 0 Å². The maximum atomic E-state index is 5.79. The van der Waals surface area contributed by atoms with Crippen LogP contribution in [0.2, 0.25) is 0 Å². The third-order valence-corrected chi connectivity index (χ3v) is 2.58. The molecule has 1 heterocycles. The third kappa shape index (κ3) is 1.88. The van der Waals surface area contributed by atoms with Gasteiger partial charge in [-0.1, -0.05) is 0 Å².